The van der Waals surface area contributed by atoms with Gasteiger partial charge in [-0.15, -0.1) is 0 Å². The van der Waals surface area contributed by atoms with E-state index in [0.717, 1.165) is 34.4 Å². The minimum absolute atomic E-state index is 0.0143. The summed E-state index contributed by atoms with van der Waals surface area (Å²) in [5.74, 6) is -0.601. The van der Waals surface area contributed by atoms with Gasteiger partial charge in [0.25, 0.3) is 0 Å². The molecule has 0 heterocycles. The van der Waals surface area contributed by atoms with Gasteiger partial charge in [-0.25, -0.2) is 4.79 Å². The zero-order chi connectivity index (χ0) is 22.0. The molecule has 0 radical (unpaired) electrons. The SMILES string of the molecule is O=Cc1cc(NC(=O)OCC2c3ccccc3-c3ccccc32)cc(OS(=O)(=O)F)c1. The summed E-state index contributed by atoms with van der Waals surface area (Å²) in [6.45, 7) is 0.0649. The van der Waals surface area contributed by atoms with Crippen LogP contribution in [-0.4, -0.2) is 27.4 Å². The molecule has 4 rings (SSSR count). The molecule has 1 amide bonds. The number of fused-ring (bicyclic) bond motifs is 3. The van der Waals surface area contributed by atoms with E-state index in [1.54, 1.807) is 0 Å². The van der Waals surface area contributed by atoms with Crippen LogP contribution in [0.2, 0.25) is 0 Å². The van der Waals surface area contributed by atoms with Crippen molar-refractivity contribution in [2.75, 3.05) is 11.9 Å². The van der Waals surface area contributed by atoms with Crippen LogP contribution in [0.1, 0.15) is 27.4 Å². The van der Waals surface area contributed by atoms with Crippen LogP contribution in [0.4, 0.5) is 14.4 Å². The first-order valence-corrected chi connectivity index (χ1v) is 10.5. The van der Waals surface area contributed by atoms with Crippen LogP contribution >= 0.6 is 0 Å². The highest BCUT2D eigenvalue weighted by Crippen LogP contribution is 2.44. The van der Waals surface area contributed by atoms with E-state index >= 15 is 0 Å². The number of hydrogen-bond donors (Lipinski definition) is 1. The molecule has 3 aromatic rings. The summed E-state index contributed by atoms with van der Waals surface area (Å²) < 4.78 is 43.7. The molecule has 0 saturated heterocycles. The number of anilines is 1. The fourth-order valence-electron chi connectivity index (χ4n) is 3.68. The third kappa shape index (κ3) is 4.56. The maximum atomic E-state index is 12.8. The largest absolute Gasteiger partial charge is 0.488 e. The predicted octanol–water partition coefficient (Wildman–Crippen LogP) is 4.45. The number of aldehydes is 1. The number of ether oxygens (including phenoxy) is 1. The maximum absolute atomic E-state index is 12.8. The van der Waals surface area contributed by atoms with Crippen LogP contribution in [0.3, 0.4) is 0 Å². The van der Waals surface area contributed by atoms with Crippen molar-refractivity contribution in [3.05, 3.63) is 83.4 Å². The molecular formula is C22H16FNO6S. The molecular weight excluding hydrogens is 425 g/mol. The third-order valence-electron chi connectivity index (χ3n) is 4.85. The Morgan fingerprint density at radius 3 is 2.19 bits per heavy atom. The van der Waals surface area contributed by atoms with Crippen molar-refractivity contribution in [3.8, 4) is 16.9 Å². The number of rotatable bonds is 6. The predicted molar refractivity (Wildman–Crippen MR) is 111 cm³/mol. The molecule has 1 aliphatic carbocycles. The average molecular weight is 441 g/mol. The van der Waals surface area contributed by atoms with E-state index in [0.29, 0.717) is 6.29 Å². The molecule has 0 atom stereocenters. The molecule has 0 fully saturated rings. The first-order valence-electron chi connectivity index (χ1n) is 9.20. The zero-order valence-corrected chi connectivity index (χ0v) is 16.8. The summed E-state index contributed by atoms with van der Waals surface area (Å²) in [7, 11) is -5.29. The van der Waals surface area contributed by atoms with Gasteiger partial charge in [0.2, 0.25) is 0 Å². The highest BCUT2D eigenvalue weighted by molar-refractivity contribution is 7.81. The quantitative estimate of drug-likeness (QED) is 0.448. The Morgan fingerprint density at radius 2 is 1.61 bits per heavy atom. The number of carbonyl (C=O) groups excluding carboxylic acids is 2. The average Bonchev–Trinajstić information content (AvgIpc) is 3.04. The lowest BCUT2D eigenvalue weighted by Crippen LogP contribution is -2.18. The maximum Gasteiger partial charge on any atom is 0.488 e. The number of halogens is 1. The van der Waals surface area contributed by atoms with Crippen molar-refractivity contribution in [3.63, 3.8) is 0 Å². The molecule has 0 aromatic heterocycles. The summed E-state index contributed by atoms with van der Waals surface area (Å²) >= 11 is 0. The summed E-state index contributed by atoms with van der Waals surface area (Å²) in [6.07, 6.45) is -0.417. The van der Waals surface area contributed by atoms with Gasteiger partial charge in [-0.2, -0.15) is 8.42 Å². The Balaban J connectivity index is 1.49. The van der Waals surface area contributed by atoms with Crippen LogP contribution in [0.15, 0.2) is 66.7 Å². The second-order valence-electron chi connectivity index (χ2n) is 6.84. The Hall–Kier alpha value is -3.72. The number of benzene rings is 3. The van der Waals surface area contributed by atoms with Crippen molar-refractivity contribution < 1.29 is 30.8 Å². The molecule has 1 N–H and O–H groups in total. The zero-order valence-electron chi connectivity index (χ0n) is 15.9. The Labute approximate surface area is 177 Å². The highest BCUT2D eigenvalue weighted by atomic mass is 32.3. The van der Waals surface area contributed by atoms with E-state index in [2.05, 4.69) is 9.50 Å². The van der Waals surface area contributed by atoms with E-state index < -0.39 is 22.3 Å². The smallest absolute Gasteiger partial charge is 0.448 e. The van der Waals surface area contributed by atoms with Crippen molar-refractivity contribution in [2.45, 2.75) is 5.92 Å². The lowest BCUT2D eigenvalue weighted by atomic mass is 9.98. The third-order valence-corrected chi connectivity index (χ3v) is 5.24. The van der Waals surface area contributed by atoms with Gasteiger partial charge in [-0.05, 0) is 34.4 Å². The first-order chi connectivity index (χ1) is 14.8. The van der Waals surface area contributed by atoms with E-state index in [4.69, 9.17) is 4.74 Å². The molecule has 3 aromatic carbocycles. The number of carbonyl (C=O) groups is 2. The number of amides is 1. The highest BCUT2D eigenvalue weighted by Gasteiger charge is 2.29. The van der Waals surface area contributed by atoms with Gasteiger partial charge in [0, 0.05) is 23.2 Å². The summed E-state index contributed by atoms with van der Waals surface area (Å²) in [5, 5.41) is 2.40. The van der Waals surface area contributed by atoms with E-state index in [1.165, 1.54) is 6.07 Å². The summed E-state index contributed by atoms with van der Waals surface area (Å²) in [6, 6.07) is 19.1. The fourth-order valence-corrected chi connectivity index (χ4v) is 4.00. The van der Waals surface area contributed by atoms with E-state index in [9.17, 15) is 21.9 Å². The van der Waals surface area contributed by atoms with Crippen molar-refractivity contribution in [1.29, 1.82) is 0 Å². The minimum atomic E-state index is -5.29. The molecule has 0 spiro atoms. The normalized spacial score (nSPS) is 12.5. The monoisotopic (exact) mass is 441 g/mol. The summed E-state index contributed by atoms with van der Waals surface area (Å²) in [4.78, 5) is 23.4. The minimum Gasteiger partial charge on any atom is -0.448 e. The Kier molecular flexibility index (Phi) is 5.43. The second kappa shape index (κ2) is 8.19. The summed E-state index contributed by atoms with van der Waals surface area (Å²) in [5.41, 5.74) is 4.25. The molecule has 0 aliphatic heterocycles. The van der Waals surface area contributed by atoms with Crippen molar-refractivity contribution in [2.24, 2.45) is 0 Å². The topological polar surface area (TPSA) is 98.8 Å². The lowest BCUT2D eigenvalue weighted by Gasteiger charge is -2.15. The van der Waals surface area contributed by atoms with Gasteiger partial charge in [0.1, 0.15) is 18.6 Å². The van der Waals surface area contributed by atoms with Crippen LogP contribution in [-0.2, 0) is 15.2 Å². The van der Waals surface area contributed by atoms with Crippen LogP contribution in [0, 0.1) is 0 Å². The fraction of sp³-hybridized carbons (Fsp3) is 0.0909. The van der Waals surface area contributed by atoms with E-state index in [-0.39, 0.29) is 23.8 Å². The Morgan fingerprint density at radius 1 is 1.00 bits per heavy atom. The molecule has 31 heavy (non-hydrogen) atoms. The first kappa shape index (κ1) is 20.5. The Bertz CT molecular complexity index is 1230. The molecule has 7 nitrogen and oxygen atoms in total. The standard InChI is InChI=1S/C22H16FNO6S/c23-31(27,28)30-16-10-14(12-25)9-15(11-16)24-22(26)29-13-21-19-7-3-1-5-17(19)18-6-2-4-8-20(18)21/h1-12,21H,13H2,(H,24,26). The van der Waals surface area contributed by atoms with Gasteiger partial charge < -0.3 is 8.92 Å². The molecule has 158 valence electrons. The van der Waals surface area contributed by atoms with Gasteiger partial charge in [-0.3, -0.25) is 10.1 Å². The second-order valence-corrected chi connectivity index (χ2v) is 7.79. The lowest BCUT2D eigenvalue weighted by molar-refractivity contribution is 0.112. The molecule has 0 saturated carbocycles. The van der Waals surface area contributed by atoms with Crippen LogP contribution < -0.4 is 9.50 Å². The van der Waals surface area contributed by atoms with Crippen LogP contribution in [0.25, 0.3) is 11.1 Å². The van der Waals surface area contributed by atoms with E-state index in [1.807, 2.05) is 48.5 Å². The van der Waals surface area contributed by atoms with Gasteiger partial charge in [0.05, 0.1) is 0 Å². The van der Waals surface area contributed by atoms with Crippen molar-refractivity contribution >= 4 is 28.6 Å². The number of nitrogens with one attached hydrogen (secondary N) is 1. The van der Waals surface area contributed by atoms with Crippen LogP contribution in [0.5, 0.6) is 5.75 Å². The van der Waals surface area contributed by atoms with Gasteiger partial charge in [0.15, 0.2) is 0 Å². The van der Waals surface area contributed by atoms with Gasteiger partial charge in [-0.1, -0.05) is 52.4 Å². The van der Waals surface area contributed by atoms with Crippen molar-refractivity contribution in [1.82, 2.24) is 0 Å². The molecule has 0 bridgehead atoms. The number of hydrogen-bond acceptors (Lipinski definition) is 6. The van der Waals surface area contributed by atoms with Gasteiger partial charge >= 0.3 is 16.6 Å². The molecule has 1 aliphatic rings. The molecule has 9 heteroatoms. The molecule has 0 unspecified atom stereocenters.